The maximum atomic E-state index is 13.2. The minimum Gasteiger partial charge on any atom is -0.494 e. The second kappa shape index (κ2) is 8.45. The average molecular weight is 414 g/mol. The zero-order chi connectivity index (χ0) is 21.0. The van der Waals surface area contributed by atoms with E-state index in [0.717, 1.165) is 0 Å². The molecule has 3 aromatic carbocycles. The van der Waals surface area contributed by atoms with Gasteiger partial charge in [0.1, 0.15) is 11.6 Å². The van der Waals surface area contributed by atoms with Gasteiger partial charge in [0, 0.05) is 0 Å². The van der Waals surface area contributed by atoms with Gasteiger partial charge >= 0.3 is 5.97 Å². The van der Waals surface area contributed by atoms with E-state index in [9.17, 15) is 17.6 Å². The maximum absolute atomic E-state index is 13.2. The number of hydrogen-bond acceptors (Lipinski definition) is 4. The van der Waals surface area contributed by atoms with Crippen LogP contribution >= 0.6 is 0 Å². The molecule has 7 heteroatoms. The molecule has 0 aliphatic rings. The van der Waals surface area contributed by atoms with E-state index < -0.39 is 15.8 Å². The van der Waals surface area contributed by atoms with Crippen molar-refractivity contribution in [2.24, 2.45) is 0 Å². The fourth-order valence-corrected chi connectivity index (χ4v) is 4.32. The molecule has 0 bridgehead atoms. The van der Waals surface area contributed by atoms with Gasteiger partial charge in [-0.25, -0.2) is 12.8 Å². The molecule has 0 atom stereocenters. The lowest BCUT2D eigenvalue weighted by Gasteiger charge is -2.11. The minimum atomic E-state index is -3.92. The van der Waals surface area contributed by atoms with E-state index in [1.807, 2.05) is 0 Å². The van der Waals surface area contributed by atoms with Gasteiger partial charge in [-0.3, -0.25) is 4.79 Å². The average Bonchev–Trinajstić information content (AvgIpc) is 2.68. The van der Waals surface area contributed by atoms with Gasteiger partial charge in [-0.05, 0) is 66.1 Å². The summed E-state index contributed by atoms with van der Waals surface area (Å²) in [5.74, 6) is -1.16. The molecular weight excluding hydrogens is 395 g/mol. The summed E-state index contributed by atoms with van der Waals surface area (Å²) in [5, 5.41) is 9.06. The molecule has 0 aromatic heterocycles. The Bertz CT molecular complexity index is 1140. The number of carboxylic acids is 1. The molecule has 3 rings (SSSR count). The molecule has 0 amide bonds. The lowest BCUT2D eigenvalue weighted by molar-refractivity contribution is -0.136. The molecule has 1 N–H and O–H groups in total. The molecule has 0 aliphatic heterocycles. The molecular formula is C22H19FO5S. The number of ether oxygens (including phenoxy) is 1. The molecule has 0 fully saturated rings. The Balaban J connectivity index is 2.06. The summed E-state index contributed by atoms with van der Waals surface area (Å²) in [5.41, 5.74) is 1.63. The third-order valence-electron chi connectivity index (χ3n) is 4.24. The molecule has 0 spiro atoms. The fraction of sp³-hybridized carbons (Fsp3) is 0.136. The standard InChI is InChI=1S/C22H19FO5S/c1-2-28-19-10-15(12-22(24)25)11-21(14-19)29(26,27)20-5-3-4-17(13-20)16-6-8-18(23)9-7-16/h3-11,13-14H,2,12H2,1H3,(H,24,25). The van der Waals surface area contributed by atoms with Crippen LogP contribution in [-0.4, -0.2) is 26.1 Å². The number of aliphatic carboxylic acids is 1. The zero-order valence-corrected chi connectivity index (χ0v) is 16.4. The van der Waals surface area contributed by atoms with Crippen LogP contribution in [0.4, 0.5) is 4.39 Å². The van der Waals surface area contributed by atoms with Crippen molar-refractivity contribution in [1.82, 2.24) is 0 Å². The smallest absolute Gasteiger partial charge is 0.307 e. The van der Waals surface area contributed by atoms with E-state index in [2.05, 4.69) is 0 Å². The number of carboxylic acid groups (broad SMARTS) is 1. The monoisotopic (exact) mass is 414 g/mol. The molecule has 3 aromatic rings. The highest BCUT2D eigenvalue weighted by molar-refractivity contribution is 7.91. The first-order valence-corrected chi connectivity index (χ1v) is 10.4. The highest BCUT2D eigenvalue weighted by Crippen LogP contribution is 2.29. The first-order valence-electron chi connectivity index (χ1n) is 8.89. The number of hydrogen-bond donors (Lipinski definition) is 1. The van der Waals surface area contributed by atoms with Gasteiger partial charge in [-0.15, -0.1) is 0 Å². The van der Waals surface area contributed by atoms with Gasteiger partial charge in [-0.1, -0.05) is 24.3 Å². The highest BCUT2D eigenvalue weighted by Gasteiger charge is 2.21. The third kappa shape index (κ3) is 4.81. The summed E-state index contributed by atoms with van der Waals surface area (Å²) >= 11 is 0. The summed E-state index contributed by atoms with van der Waals surface area (Å²) < 4.78 is 45.0. The van der Waals surface area contributed by atoms with Crippen molar-refractivity contribution in [1.29, 1.82) is 0 Å². The number of benzene rings is 3. The van der Waals surface area contributed by atoms with Gasteiger partial charge in [0.15, 0.2) is 0 Å². The quantitative estimate of drug-likeness (QED) is 0.622. The normalized spacial score (nSPS) is 11.2. The van der Waals surface area contributed by atoms with Gasteiger partial charge in [0.25, 0.3) is 0 Å². The van der Waals surface area contributed by atoms with Crippen LogP contribution in [0.25, 0.3) is 11.1 Å². The van der Waals surface area contributed by atoms with E-state index in [1.54, 1.807) is 31.2 Å². The number of halogens is 1. The van der Waals surface area contributed by atoms with Crippen LogP contribution in [-0.2, 0) is 21.1 Å². The lowest BCUT2D eigenvalue weighted by atomic mass is 10.1. The summed E-state index contributed by atoms with van der Waals surface area (Å²) in [6, 6.07) is 16.3. The summed E-state index contributed by atoms with van der Waals surface area (Å²) in [6.07, 6.45) is -0.320. The van der Waals surface area contributed by atoms with Crippen LogP contribution in [0.5, 0.6) is 5.75 Å². The summed E-state index contributed by atoms with van der Waals surface area (Å²) in [7, 11) is -3.92. The van der Waals surface area contributed by atoms with Crippen molar-refractivity contribution in [2.75, 3.05) is 6.61 Å². The van der Waals surface area contributed by atoms with Crippen LogP contribution in [0.1, 0.15) is 12.5 Å². The number of sulfone groups is 1. The van der Waals surface area contributed by atoms with Gasteiger partial charge in [-0.2, -0.15) is 0 Å². The van der Waals surface area contributed by atoms with Crippen LogP contribution in [0.2, 0.25) is 0 Å². The van der Waals surface area contributed by atoms with Crippen molar-refractivity contribution in [3.8, 4) is 16.9 Å². The Morgan fingerprint density at radius 3 is 2.34 bits per heavy atom. The predicted octanol–water partition coefficient (Wildman–Crippen LogP) is 4.35. The molecule has 0 radical (unpaired) electrons. The zero-order valence-electron chi connectivity index (χ0n) is 15.6. The molecule has 0 saturated carbocycles. The molecule has 29 heavy (non-hydrogen) atoms. The Morgan fingerprint density at radius 1 is 0.966 bits per heavy atom. The van der Waals surface area contributed by atoms with Crippen LogP contribution in [0.15, 0.2) is 76.5 Å². The second-order valence-electron chi connectivity index (χ2n) is 6.35. The number of rotatable bonds is 7. The van der Waals surface area contributed by atoms with Gasteiger partial charge < -0.3 is 9.84 Å². The number of carbonyl (C=O) groups is 1. The van der Waals surface area contributed by atoms with Crippen molar-refractivity contribution < 1.29 is 27.4 Å². The molecule has 0 aliphatic carbocycles. The Labute approximate surface area is 168 Å². The van der Waals surface area contributed by atoms with Crippen molar-refractivity contribution in [3.05, 3.63) is 78.1 Å². The van der Waals surface area contributed by atoms with Gasteiger partial charge in [0.05, 0.1) is 22.8 Å². The molecule has 0 heterocycles. The lowest BCUT2D eigenvalue weighted by Crippen LogP contribution is -2.06. The summed E-state index contributed by atoms with van der Waals surface area (Å²) in [6.45, 7) is 2.07. The van der Waals surface area contributed by atoms with Crippen molar-refractivity contribution in [2.45, 2.75) is 23.1 Å². The topological polar surface area (TPSA) is 80.7 Å². The van der Waals surface area contributed by atoms with Crippen LogP contribution in [0, 0.1) is 5.82 Å². The van der Waals surface area contributed by atoms with Crippen molar-refractivity contribution in [3.63, 3.8) is 0 Å². The first kappa shape index (κ1) is 20.5. The van der Waals surface area contributed by atoms with E-state index >= 15 is 0 Å². The Kier molecular flexibility index (Phi) is 5.98. The summed E-state index contributed by atoms with van der Waals surface area (Å²) in [4.78, 5) is 11.1. The minimum absolute atomic E-state index is 0.0454. The SMILES string of the molecule is CCOc1cc(CC(=O)O)cc(S(=O)(=O)c2cccc(-c3ccc(F)cc3)c2)c1. The Hall–Kier alpha value is -3.19. The van der Waals surface area contributed by atoms with E-state index in [0.29, 0.717) is 29.0 Å². The van der Waals surface area contributed by atoms with Crippen LogP contribution < -0.4 is 4.74 Å². The molecule has 150 valence electrons. The second-order valence-corrected chi connectivity index (χ2v) is 8.30. The van der Waals surface area contributed by atoms with E-state index in [4.69, 9.17) is 9.84 Å². The largest absolute Gasteiger partial charge is 0.494 e. The predicted molar refractivity (Wildman–Crippen MR) is 106 cm³/mol. The van der Waals surface area contributed by atoms with Crippen molar-refractivity contribution >= 4 is 15.8 Å². The molecule has 0 unspecified atom stereocenters. The van der Waals surface area contributed by atoms with Crippen LogP contribution in [0.3, 0.4) is 0 Å². The third-order valence-corrected chi connectivity index (χ3v) is 5.97. The van der Waals surface area contributed by atoms with E-state index in [1.165, 1.54) is 42.5 Å². The fourth-order valence-electron chi connectivity index (χ4n) is 2.93. The van der Waals surface area contributed by atoms with E-state index in [-0.39, 0.29) is 22.0 Å². The van der Waals surface area contributed by atoms with Gasteiger partial charge in [0.2, 0.25) is 9.84 Å². The highest BCUT2D eigenvalue weighted by atomic mass is 32.2. The molecule has 0 saturated heterocycles. The first-order chi connectivity index (χ1) is 13.8. The Morgan fingerprint density at radius 2 is 1.69 bits per heavy atom. The molecule has 5 nitrogen and oxygen atoms in total. The maximum Gasteiger partial charge on any atom is 0.307 e.